The van der Waals surface area contributed by atoms with Gasteiger partial charge in [-0.15, -0.1) is 56.7 Å². The Balaban J connectivity index is 0.000000107. The highest BCUT2D eigenvalue weighted by Crippen LogP contribution is 2.58. The van der Waals surface area contributed by atoms with Crippen LogP contribution in [0, 0.1) is 17.1 Å². The molecule has 0 spiro atoms. The number of hydrogen-bond donors (Lipinski definition) is 13. The van der Waals surface area contributed by atoms with Gasteiger partial charge in [0.15, 0.2) is 0 Å². The van der Waals surface area contributed by atoms with Crippen molar-refractivity contribution in [3.05, 3.63) is 337 Å². The van der Waals surface area contributed by atoms with Gasteiger partial charge in [0, 0.05) is 68.0 Å². The van der Waals surface area contributed by atoms with Gasteiger partial charge in [0.1, 0.15) is 97.6 Å². The second-order valence-electron chi connectivity index (χ2n) is 36.2. The molecule has 9 aromatic carbocycles. The fourth-order valence-electron chi connectivity index (χ4n) is 20.9. The Bertz CT molecular complexity index is 8980. The molecule has 20 nitrogen and oxygen atoms in total. The van der Waals surface area contributed by atoms with E-state index >= 15 is 0 Å². The van der Waals surface area contributed by atoms with E-state index in [2.05, 4.69) is 66.3 Å². The molecule has 11 aromatic heterocycles. The normalized spacial score (nSPS) is 13.4. The van der Waals surface area contributed by atoms with Crippen LogP contribution in [-0.4, -0.2) is 75.9 Å². The van der Waals surface area contributed by atoms with Crippen molar-refractivity contribution < 1.29 is 50.3 Å². The molecule has 145 heavy (non-hydrogen) atoms. The van der Waals surface area contributed by atoms with Crippen LogP contribution in [0.5, 0.6) is 51.9 Å². The Morgan fingerprint density at radius 3 is 1.10 bits per heavy atom. The van der Waals surface area contributed by atoms with Gasteiger partial charge in [-0.05, 0) is 230 Å². The van der Waals surface area contributed by atoms with Gasteiger partial charge in [-0.2, -0.15) is 5.26 Å². The van der Waals surface area contributed by atoms with Crippen molar-refractivity contribution in [3.8, 4) is 169 Å². The van der Waals surface area contributed by atoms with E-state index in [1.807, 2.05) is 72.8 Å². The molecule has 5 aliphatic carbocycles. The lowest BCUT2D eigenvalue weighted by Gasteiger charge is -2.19. The summed E-state index contributed by atoms with van der Waals surface area (Å²) in [4.78, 5) is 72.7. The van der Waals surface area contributed by atoms with Crippen LogP contribution in [0.2, 0.25) is 21.7 Å². The first-order valence-electron chi connectivity index (χ1n) is 47.1. The summed E-state index contributed by atoms with van der Waals surface area (Å²) in [7, 11) is 0. The van der Waals surface area contributed by atoms with Crippen LogP contribution in [-0.2, 0) is 64.2 Å². The van der Waals surface area contributed by atoms with E-state index in [4.69, 9.17) is 58.0 Å². The van der Waals surface area contributed by atoms with E-state index in [1.165, 1.54) is 111 Å². The lowest BCUT2D eigenvalue weighted by molar-refractivity contribution is 0.444. The van der Waals surface area contributed by atoms with Crippen LogP contribution in [0.4, 0.5) is 4.39 Å². The number of phenolic OH excluding ortho intramolecular Hbond substituents is 3. The number of nitrogens with zero attached hydrogens (tertiary/aromatic N) is 3. The summed E-state index contributed by atoms with van der Waals surface area (Å²) in [6.07, 6.45) is 22.9. The van der Waals surface area contributed by atoms with Crippen LogP contribution >= 0.6 is 115 Å². The summed E-state index contributed by atoms with van der Waals surface area (Å²) in [5, 5.41) is 110. The molecule has 25 rings (SSSR count). The second-order valence-corrected chi connectivity index (χ2v) is 44.3. The zero-order valence-corrected chi connectivity index (χ0v) is 84.7. The van der Waals surface area contributed by atoms with Gasteiger partial charge in [0.05, 0.1) is 66.4 Å². The molecule has 0 saturated carbocycles. The van der Waals surface area contributed by atoms with Crippen molar-refractivity contribution in [1.29, 1.82) is 5.26 Å². The number of aromatic hydroxyl groups is 9. The molecule has 31 heteroatoms. The van der Waals surface area contributed by atoms with Crippen molar-refractivity contribution in [2.24, 2.45) is 0 Å². The maximum atomic E-state index is 14.4. The number of thiophene rings is 5. The van der Waals surface area contributed by atoms with Crippen molar-refractivity contribution in [2.75, 3.05) is 0 Å². The third-order valence-electron chi connectivity index (χ3n) is 27.8. The zero-order chi connectivity index (χ0) is 101. The van der Waals surface area contributed by atoms with Crippen molar-refractivity contribution in [3.63, 3.8) is 0 Å². The van der Waals surface area contributed by atoms with Gasteiger partial charge in [-0.1, -0.05) is 228 Å². The van der Waals surface area contributed by atoms with E-state index < -0.39 is 16.9 Å². The Morgan fingerprint density at radius 2 is 0.641 bits per heavy atom. The highest BCUT2D eigenvalue weighted by atomic mass is 35.5. The van der Waals surface area contributed by atoms with Gasteiger partial charge in [0.25, 0.3) is 22.2 Å². The van der Waals surface area contributed by atoms with Gasteiger partial charge < -0.3 is 65.9 Å². The number of hydrogen-bond acceptors (Lipinski definition) is 21. The molecular weight excluding hydrogens is 2030 g/mol. The summed E-state index contributed by atoms with van der Waals surface area (Å²) in [5.41, 5.74) is 19.9. The van der Waals surface area contributed by atoms with Crippen LogP contribution in [0.3, 0.4) is 0 Å². The molecule has 0 aliphatic heterocycles. The van der Waals surface area contributed by atoms with Crippen LogP contribution < -0.4 is 22.2 Å². The highest BCUT2D eigenvalue weighted by Gasteiger charge is 2.34. The lowest BCUT2D eigenvalue weighted by Crippen LogP contribution is -2.09. The monoisotopic (exact) mass is 2110 g/mol. The predicted octanol–water partition coefficient (Wildman–Crippen LogP) is 29.4. The molecule has 0 saturated heterocycles. The number of nitrogens with one attached hydrogen (secondary N) is 4. The molecule has 13 N–H and O–H groups in total. The fraction of sp³-hybridized carbons (Fsp3) is 0.167. The lowest BCUT2D eigenvalue weighted by atomic mass is 9.88. The number of pyridine rings is 6. The largest absolute Gasteiger partial charge is 0.507 e. The summed E-state index contributed by atoms with van der Waals surface area (Å²) < 4.78 is 16.6. The number of benzene rings is 9. The van der Waals surface area contributed by atoms with Crippen LogP contribution in [0.1, 0.15) is 119 Å². The Hall–Kier alpha value is -14.1. The SMILES string of the molecule is N#Cc1cccc(-c2c(O)c3c(-c4ccc5c(c4)CCCC5)c(Cl)sc3[nH]c2=O)c1.O=c1[nH]c2sc(Cl)c(-c3ccc4c(c3)CCCC4)c2c(O)c1-c1cccnc1.O=c1[nH]c2sc(Cl)c(-c3ccc4c(c3O)CCC4)c2c(O)c1-c1ccccc1F.O=c1[nH]c2sc(Cl)c(-c3ccc4c(c3O)CCCC4)c2c(O)c1-c1ccccc1.Oc1nc2sc(Cl)c(-c3ccc4c(c3O)CCCC4)c2c(O)c1-c1ccccc1. The number of aromatic amines is 4. The quantitative estimate of drug-likeness (QED) is 0.0605. The number of fused-ring (bicyclic) bond motifs is 10. The predicted molar refractivity (Wildman–Crippen MR) is 585 cm³/mol. The second kappa shape index (κ2) is 40.5. The van der Waals surface area contributed by atoms with Crippen molar-refractivity contribution in [2.45, 2.75) is 122 Å². The number of nitriles is 1. The third kappa shape index (κ3) is 18.0. The topological polar surface area (TPSA) is 363 Å². The van der Waals surface area contributed by atoms with Gasteiger partial charge in [-0.3, -0.25) is 24.2 Å². The number of aryl methyl sites for hydroxylation is 7. The van der Waals surface area contributed by atoms with Crippen LogP contribution in [0.25, 0.3) is 162 Å². The molecule has 0 radical (unpaired) electrons. The van der Waals surface area contributed by atoms with Gasteiger partial charge in [0.2, 0.25) is 5.88 Å². The maximum absolute atomic E-state index is 14.4. The summed E-state index contributed by atoms with van der Waals surface area (Å²) in [6, 6.07) is 60.4. The molecule has 11 heterocycles. The Labute approximate surface area is 871 Å². The number of halogens is 6. The van der Waals surface area contributed by atoms with E-state index in [1.54, 1.807) is 85.2 Å². The first-order chi connectivity index (χ1) is 70.3. The minimum atomic E-state index is -0.615. The molecule has 0 unspecified atom stereocenters. The molecule has 726 valence electrons. The third-order valence-corrected chi connectivity index (χ3v) is 34.3. The maximum Gasteiger partial charge on any atom is 0.260 e. The molecule has 5 aliphatic rings. The number of aromatic nitrogens is 6. The first kappa shape index (κ1) is 97.0. The number of rotatable bonds is 10. The number of phenols is 3. The smallest absolute Gasteiger partial charge is 0.260 e. The van der Waals surface area contributed by atoms with E-state index in [0.717, 1.165) is 163 Å². The van der Waals surface area contributed by atoms with E-state index in [0.29, 0.717) is 134 Å². The summed E-state index contributed by atoms with van der Waals surface area (Å²) >= 11 is 38.8. The number of H-pyrrole nitrogens is 4. The average molecular weight is 2120 g/mol. The van der Waals surface area contributed by atoms with Crippen molar-refractivity contribution >= 4 is 166 Å². The summed E-state index contributed by atoms with van der Waals surface area (Å²) in [5.74, 6) is -1.02. The van der Waals surface area contributed by atoms with Gasteiger partial charge in [-0.25, -0.2) is 9.37 Å². The zero-order valence-electron chi connectivity index (χ0n) is 76.9. The molecule has 0 fully saturated rings. The average Bonchev–Trinajstić information content (AvgIpc) is 1.61. The fourth-order valence-corrected chi connectivity index (χ4v) is 27.7. The minimum Gasteiger partial charge on any atom is -0.507 e. The summed E-state index contributed by atoms with van der Waals surface area (Å²) in [6.45, 7) is 0. The van der Waals surface area contributed by atoms with Crippen molar-refractivity contribution in [1.82, 2.24) is 29.9 Å². The Morgan fingerprint density at radius 1 is 0.297 bits per heavy atom. The molecule has 20 aromatic rings. The molecule has 0 amide bonds. The first-order valence-corrected chi connectivity index (χ1v) is 53.1. The minimum absolute atomic E-state index is 0.000372. The van der Waals surface area contributed by atoms with E-state index in [-0.39, 0.29) is 96.4 Å². The van der Waals surface area contributed by atoms with Crippen LogP contribution in [0.15, 0.2) is 226 Å². The standard InChI is InChI=1S/C24H17ClN2O2S.2C23H18ClNO3S.C22H15ClFNO3S.C22H17ClN2O2S/c25-22-18(17-9-8-14-5-1-2-6-15(14)11-17)20-21(28)19(23(29)27-24(20)30-22)16-7-3-4-13(10-16)12-26;2*24-21-17(15-11-10-12-6-4-5-9-14(12)19(15)26)18-20(27)16(13-7-2-1-3-8-13)22(28)25-23(18)29-21;23-20-15(13-9-8-10-4-3-6-11(10)18(13)26)17-19(27)16(21(28)25-22(17)29-20)12-5-1-2-7-14(12)24;23-20-16(14-8-7-12-4-1-2-5-13(12)10-14)18-19(26)17(15-6-3-9-24-11-15)21(27)25-22(18)28-20/h3-4,7-11H,1-2,5-6H2,(H2,27,28,29);2*1-3,7-8,10-11,26H,4-6,9H2,(H2,25,27,28);1-2,5,7-9,26H,3-4,6H2,(H2,25,27,28);3,6-11H,1-2,4-5H2,(H2,25,26,27). The molecular formula is C114H85Cl5FN7O13S5. The highest BCUT2D eigenvalue weighted by molar-refractivity contribution is 7.25. The Kier molecular flexibility index (Phi) is 27.1. The molecule has 0 atom stereocenters. The molecule has 0 bridgehead atoms. The van der Waals surface area contributed by atoms with Gasteiger partial charge >= 0.3 is 0 Å². The van der Waals surface area contributed by atoms with E-state index in [9.17, 15) is 74.8 Å².